The molecule has 1 saturated heterocycles. The van der Waals surface area contributed by atoms with E-state index in [4.69, 9.17) is 10.5 Å². The van der Waals surface area contributed by atoms with E-state index in [2.05, 4.69) is 5.32 Å². The van der Waals surface area contributed by atoms with Crippen molar-refractivity contribution in [2.24, 2.45) is 17.6 Å². The minimum atomic E-state index is -0.264. The number of halogens is 1. The van der Waals surface area contributed by atoms with Crippen LogP contribution in [0.1, 0.15) is 44.2 Å². The Hall–Kier alpha value is -1.10. The molecule has 1 aliphatic carbocycles. The van der Waals surface area contributed by atoms with Crippen LogP contribution < -0.4 is 11.1 Å². The van der Waals surface area contributed by atoms with Gasteiger partial charge in [0.15, 0.2) is 0 Å². The summed E-state index contributed by atoms with van der Waals surface area (Å²) in [6.07, 6.45) is 4.73. The van der Waals surface area contributed by atoms with Crippen LogP contribution in [0.25, 0.3) is 0 Å². The number of fused-ring (bicyclic) bond motifs is 1. The van der Waals surface area contributed by atoms with Crippen LogP contribution in [-0.4, -0.2) is 24.7 Å². The smallest absolute Gasteiger partial charge is 0.224 e. The molecule has 1 aliphatic heterocycles. The third kappa shape index (κ3) is 4.06. The average molecular weight is 339 g/mol. The van der Waals surface area contributed by atoms with Crippen LogP contribution in [0.5, 0.6) is 0 Å². The van der Waals surface area contributed by atoms with Crippen LogP contribution in [0, 0.1) is 11.8 Å². The third-order valence-corrected chi connectivity index (χ3v) is 5.25. The molecule has 1 saturated carbocycles. The summed E-state index contributed by atoms with van der Waals surface area (Å²) < 4.78 is 5.77. The van der Waals surface area contributed by atoms with E-state index in [9.17, 15) is 4.79 Å². The monoisotopic (exact) mass is 338 g/mol. The molecule has 1 amide bonds. The molecule has 5 atom stereocenters. The van der Waals surface area contributed by atoms with Crippen LogP contribution in [0.15, 0.2) is 30.3 Å². The van der Waals surface area contributed by atoms with Crippen molar-refractivity contribution >= 4 is 18.3 Å². The zero-order chi connectivity index (χ0) is 15.5. The highest BCUT2D eigenvalue weighted by Crippen LogP contribution is 2.34. The summed E-state index contributed by atoms with van der Waals surface area (Å²) in [6.45, 7) is 2.75. The Bertz CT molecular complexity index is 511. The third-order valence-electron chi connectivity index (χ3n) is 5.25. The lowest BCUT2D eigenvalue weighted by atomic mass is 9.81. The Morgan fingerprint density at radius 1 is 1.26 bits per heavy atom. The first-order chi connectivity index (χ1) is 10.7. The van der Waals surface area contributed by atoms with E-state index >= 15 is 0 Å². The number of benzene rings is 1. The van der Waals surface area contributed by atoms with Crippen LogP contribution in [0.3, 0.4) is 0 Å². The first kappa shape index (κ1) is 18.2. The van der Waals surface area contributed by atoms with Gasteiger partial charge in [0.2, 0.25) is 5.91 Å². The van der Waals surface area contributed by atoms with E-state index in [0.29, 0.717) is 12.0 Å². The zero-order valence-electron chi connectivity index (χ0n) is 13.6. The van der Waals surface area contributed by atoms with Gasteiger partial charge in [-0.1, -0.05) is 37.3 Å². The van der Waals surface area contributed by atoms with Crippen molar-refractivity contribution in [3.63, 3.8) is 0 Å². The molecule has 1 aromatic carbocycles. The molecule has 3 N–H and O–H groups in total. The van der Waals surface area contributed by atoms with Crippen LogP contribution in [0.2, 0.25) is 0 Å². The minimum Gasteiger partial charge on any atom is -0.378 e. The van der Waals surface area contributed by atoms with Gasteiger partial charge in [-0.2, -0.15) is 0 Å². The fourth-order valence-corrected chi connectivity index (χ4v) is 3.80. The molecule has 0 bridgehead atoms. The number of ether oxygens (including phenoxy) is 1. The van der Waals surface area contributed by atoms with Gasteiger partial charge < -0.3 is 15.8 Å². The lowest BCUT2D eigenvalue weighted by Crippen LogP contribution is -2.48. The number of nitrogens with one attached hydrogen (secondary N) is 1. The Balaban J connectivity index is 0.00000192. The maximum Gasteiger partial charge on any atom is 0.224 e. The molecule has 23 heavy (non-hydrogen) atoms. The Labute approximate surface area is 144 Å². The van der Waals surface area contributed by atoms with Crippen molar-refractivity contribution in [1.82, 2.24) is 5.32 Å². The molecule has 0 aromatic heterocycles. The van der Waals surface area contributed by atoms with Crippen LogP contribution in [0.4, 0.5) is 0 Å². The molecule has 0 spiro atoms. The quantitative estimate of drug-likeness (QED) is 0.887. The second-order valence-electron chi connectivity index (χ2n) is 6.63. The van der Waals surface area contributed by atoms with Gasteiger partial charge in [-0.25, -0.2) is 0 Å². The largest absolute Gasteiger partial charge is 0.378 e. The molecule has 5 unspecified atom stereocenters. The van der Waals surface area contributed by atoms with E-state index < -0.39 is 0 Å². The Morgan fingerprint density at radius 3 is 2.74 bits per heavy atom. The summed E-state index contributed by atoms with van der Waals surface area (Å²) in [5.74, 6) is 0.317. The van der Waals surface area contributed by atoms with E-state index in [1.807, 2.05) is 37.3 Å². The summed E-state index contributed by atoms with van der Waals surface area (Å²) in [5, 5.41) is 3.24. The topological polar surface area (TPSA) is 64.3 Å². The predicted molar refractivity (Wildman–Crippen MR) is 93.4 cm³/mol. The Morgan fingerprint density at radius 2 is 2.00 bits per heavy atom. The summed E-state index contributed by atoms with van der Waals surface area (Å²) in [5.41, 5.74) is 7.28. The van der Waals surface area contributed by atoms with Crippen molar-refractivity contribution in [1.29, 1.82) is 0 Å². The molecular formula is C18H27ClN2O2. The van der Waals surface area contributed by atoms with Gasteiger partial charge in [0, 0.05) is 24.6 Å². The highest BCUT2D eigenvalue weighted by Gasteiger charge is 2.39. The molecule has 3 rings (SSSR count). The van der Waals surface area contributed by atoms with Crippen molar-refractivity contribution in [3.8, 4) is 0 Å². The molecule has 4 nitrogen and oxygen atoms in total. The number of amides is 1. The highest BCUT2D eigenvalue weighted by atomic mass is 35.5. The van der Waals surface area contributed by atoms with E-state index in [-0.39, 0.29) is 36.3 Å². The second-order valence-corrected chi connectivity index (χ2v) is 6.63. The van der Waals surface area contributed by atoms with Gasteiger partial charge in [-0.05, 0) is 31.2 Å². The summed E-state index contributed by atoms with van der Waals surface area (Å²) in [4.78, 5) is 12.6. The fourth-order valence-electron chi connectivity index (χ4n) is 3.80. The first-order valence-electron chi connectivity index (χ1n) is 8.39. The maximum absolute atomic E-state index is 12.6. The lowest BCUT2D eigenvalue weighted by molar-refractivity contribution is -0.126. The SMILES string of the molecule is CC(C(=O)NC1CCCC2OCCC12)C(N)c1ccccc1.Cl. The molecular weight excluding hydrogens is 312 g/mol. The number of carbonyl (C=O) groups excluding carboxylic acids is 1. The number of nitrogens with two attached hydrogens (primary N) is 1. The minimum absolute atomic E-state index is 0. The van der Waals surface area contributed by atoms with Gasteiger partial charge in [0.1, 0.15) is 0 Å². The van der Waals surface area contributed by atoms with Gasteiger partial charge in [-0.15, -0.1) is 12.4 Å². The number of hydrogen-bond acceptors (Lipinski definition) is 3. The highest BCUT2D eigenvalue weighted by molar-refractivity contribution is 5.85. The molecule has 2 fully saturated rings. The predicted octanol–water partition coefficient (Wildman–Crippen LogP) is 2.82. The zero-order valence-corrected chi connectivity index (χ0v) is 14.4. The summed E-state index contributed by atoms with van der Waals surface area (Å²) in [7, 11) is 0. The fraction of sp³-hybridized carbons (Fsp3) is 0.611. The van der Waals surface area contributed by atoms with E-state index in [0.717, 1.165) is 37.9 Å². The summed E-state index contributed by atoms with van der Waals surface area (Å²) >= 11 is 0. The number of hydrogen-bond donors (Lipinski definition) is 2. The standard InChI is InChI=1S/C18H26N2O2.ClH/c1-12(17(19)13-6-3-2-4-7-13)18(21)20-15-8-5-9-16-14(15)10-11-22-16;/h2-4,6-7,12,14-17H,5,8-11,19H2,1H3,(H,20,21);1H. The first-order valence-corrected chi connectivity index (χ1v) is 8.39. The van der Waals surface area contributed by atoms with Crippen molar-refractivity contribution in [2.45, 2.75) is 50.8 Å². The lowest BCUT2D eigenvalue weighted by Gasteiger charge is -2.34. The van der Waals surface area contributed by atoms with Gasteiger partial charge in [-0.3, -0.25) is 4.79 Å². The normalized spacial score (nSPS) is 29.0. The number of carbonyl (C=O) groups is 1. The molecule has 2 aliphatic rings. The van der Waals surface area contributed by atoms with Gasteiger partial charge in [0.05, 0.1) is 12.0 Å². The molecule has 128 valence electrons. The van der Waals surface area contributed by atoms with Gasteiger partial charge in [0.25, 0.3) is 0 Å². The van der Waals surface area contributed by atoms with Crippen LogP contribution in [-0.2, 0) is 9.53 Å². The molecule has 0 radical (unpaired) electrons. The molecule has 1 heterocycles. The van der Waals surface area contributed by atoms with Crippen molar-refractivity contribution in [3.05, 3.63) is 35.9 Å². The van der Waals surface area contributed by atoms with Crippen molar-refractivity contribution in [2.75, 3.05) is 6.61 Å². The average Bonchev–Trinajstić information content (AvgIpc) is 3.04. The second kappa shape index (κ2) is 8.13. The molecule has 1 aromatic rings. The van der Waals surface area contributed by atoms with E-state index in [1.54, 1.807) is 0 Å². The van der Waals surface area contributed by atoms with Gasteiger partial charge >= 0.3 is 0 Å². The van der Waals surface area contributed by atoms with Crippen LogP contribution >= 0.6 is 12.4 Å². The summed E-state index contributed by atoms with van der Waals surface area (Å²) in [6, 6.07) is 9.83. The maximum atomic E-state index is 12.6. The van der Waals surface area contributed by atoms with Crippen molar-refractivity contribution < 1.29 is 9.53 Å². The molecule has 5 heteroatoms. The Kier molecular flexibility index (Phi) is 6.45. The van der Waals surface area contributed by atoms with E-state index in [1.165, 1.54) is 0 Å². The number of rotatable bonds is 4.